The Morgan fingerprint density at radius 2 is 2.18 bits per heavy atom. The van der Waals surface area contributed by atoms with E-state index >= 15 is 0 Å². The fraction of sp³-hybridized carbons (Fsp3) is 0.350. The van der Waals surface area contributed by atoms with Crippen LogP contribution in [-0.4, -0.2) is 33.8 Å². The normalized spacial score (nSPS) is 12.3. The van der Waals surface area contributed by atoms with E-state index in [1.165, 1.54) is 10.4 Å². The van der Waals surface area contributed by atoms with E-state index in [-0.39, 0.29) is 30.0 Å². The van der Waals surface area contributed by atoms with Crippen LogP contribution in [0.15, 0.2) is 53.9 Å². The molecule has 0 spiro atoms. The zero-order valence-corrected chi connectivity index (χ0v) is 19.6. The number of aliphatic imine (C=N–C) groups is 1. The molecule has 2 N–H and O–H groups in total. The van der Waals surface area contributed by atoms with Crippen molar-refractivity contribution in [2.45, 2.75) is 33.2 Å². The number of benzene rings is 1. The lowest BCUT2D eigenvalue weighted by molar-refractivity contribution is 0.684. The fourth-order valence-electron chi connectivity index (χ4n) is 2.75. The number of hydrogen-bond acceptors (Lipinski definition) is 4. The molecule has 3 rings (SSSR count). The fourth-order valence-corrected chi connectivity index (χ4v) is 3.52. The summed E-state index contributed by atoms with van der Waals surface area (Å²) in [6.45, 7) is 7.82. The largest absolute Gasteiger partial charge is 0.357 e. The third-order valence-electron chi connectivity index (χ3n) is 4.10. The molecule has 1 unspecified atom stereocenters. The van der Waals surface area contributed by atoms with Crippen molar-refractivity contribution in [2.75, 3.05) is 13.1 Å². The summed E-state index contributed by atoms with van der Waals surface area (Å²) in [5.74, 6) is 0.822. The van der Waals surface area contributed by atoms with E-state index in [2.05, 4.69) is 65.8 Å². The molecule has 0 radical (unpaired) electrons. The van der Waals surface area contributed by atoms with E-state index in [4.69, 9.17) is 4.99 Å². The maximum Gasteiger partial charge on any atom is 0.191 e. The predicted octanol–water partition coefficient (Wildman–Crippen LogP) is 4.11. The van der Waals surface area contributed by atoms with Crippen LogP contribution in [0.25, 0.3) is 5.69 Å². The highest BCUT2D eigenvalue weighted by Gasteiger charge is 2.09. The van der Waals surface area contributed by atoms with Crippen molar-refractivity contribution >= 4 is 41.3 Å². The Morgan fingerprint density at radius 1 is 1.32 bits per heavy atom. The topological polar surface area (TPSA) is 67.1 Å². The summed E-state index contributed by atoms with van der Waals surface area (Å²) in [5, 5.41) is 12.2. The molecule has 2 heterocycles. The second-order valence-electron chi connectivity index (χ2n) is 6.29. The smallest absolute Gasteiger partial charge is 0.191 e. The number of nitrogens with zero attached hydrogens (tertiary/aromatic N) is 4. The molecule has 8 heteroatoms. The summed E-state index contributed by atoms with van der Waals surface area (Å²) in [4.78, 5) is 10.3. The van der Waals surface area contributed by atoms with Crippen LogP contribution in [0, 0.1) is 6.92 Å². The van der Waals surface area contributed by atoms with Crippen LogP contribution in [-0.2, 0) is 6.42 Å². The number of aromatic nitrogens is 3. The molecule has 3 aromatic rings. The number of hydrogen-bond donors (Lipinski definition) is 2. The average molecular weight is 510 g/mol. The van der Waals surface area contributed by atoms with Crippen molar-refractivity contribution in [3.8, 4) is 5.69 Å². The lowest BCUT2D eigenvalue weighted by atomic mass is 10.1. The summed E-state index contributed by atoms with van der Waals surface area (Å²) in [7, 11) is 0. The number of thiazole rings is 1. The maximum absolute atomic E-state index is 4.70. The van der Waals surface area contributed by atoms with E-state index in [1.807, 2.05) is 23.1 Å². The van der Waals surface area contributed by atoms with Gasteiger partial charge in [-0.05, 0) is 44.5 Å². The highest BCUT2D eigenvalue weighted by molar-refractivity contribution is 14.0. The molecule has 0 bridgehead atoms. The molecule has 0 saturated heterocycles. The minimum absolute atomic E-state index is 0. The Labute approximate surface area is 187 Å². The van der Waals surface area contributed by atoms with E-state index in [9.17, 15) is 0 Å². The first-order valence-electron chi connectivity index (χ1n) is 9.22. The zero-order chi connectivity index (χ0) is 19.1. The molecule has 2 aromatic heterocycles. The number of aryl methyl sites for hydroxylation is 1. The highest BCUT2D eigenvalue weighted by atomic mass is 127. The van der Waals surface area contributed by atoms with Crippen LogP contribution in [0.1, 0.15) is 35.3 Å². The molecular formula is C20H27IN6S. The van der Waals surface area contributed by atoms with Gasteiger partial charge in [0.1, 0.15) is 0 Å². The van der Waals surface area contributed by atoms with Crippen molar-refractivity contribution in [2.24, 2.45) is 4.99 Å². The first kappa shape index (κ1) is 22.4. The van der Waals surface area contributed by atoms with Gasteiger partial charge >= 0.3 is 0 Å². The summed E-state index contributed by atoms with van der Waals surface area (Å²) >= 11 is 1.73. The Morgan fingerprint density at radius 3 is 2.86 bits per heavy atom. The van der Waals surface area contributed by atoms with Gasteiger partial charge < -0.3 is 10.6 Å². The Bertz CT molecular complexity index is 874. The molecule has 6 nitrogen and oxygen atoms in total. The van der Waals surface area contributed by atoms with Gasteiger partial charge in [-0.15, -0.1) is 35.3 Å². The second kappa shape index (κ2) is 11.2. The average Bonchev–Trinajstić information content (AvgIpc) is 3.34. The van der Waals surface area contributed by atoms with Crippen LogP contribution in [0.4, 0.5) is 0 Å². The van der Waals surface area contributed by atoms with Crippen molar-refractivity contribution in [3.05, 3.63) is 64.4 Å². The molecule has 0 aliphatic rings. The van der Waals surface area contributed by atoms with Gasteiger partial charge in [0.25, 0.3) is 0 Å². The third kappa shape index (κ3) is 6.30. The molecule has 0 saturated carbocycles. The van der Waals surface area contributed by atoms with E-state index in [1.54, 1.807) is 17.5 Å². The lowest BCUT2D eigenvalue weighted by Crippen LogP contribution is -2.38. The van der Waals surface area contributed by atoms with Gasteiger partial charge in [-0.25, -0.2) is 9.67 Å². The van der Waals surface area contributed by atoms with Crippen LogP contribution in [0.3, 0.4) is 0 Å². The standard InChI is InChI=1S/C20H26N6S.HI/c1-4-21-20(22-11-9-19-23-14-15(2)27-19)25-16(3)17-7-5-8-18(13-17)26-12-6-10-24-26;/h5-8,10,12-14,16H,4,9,11H2,1-3H3,(H2,21,22,25);1H. The predicted molar refractivity (Wildman–Crippen MR) is 127 cm³/mol. The van der Waals surface area contributed by atoms with Gasteiger partial charge in [-0.1, -0.05) is 12.1 Å². The van der Waals surface area contributed by atoms with Crippen molar-refractivity contribution in [1.29, 1.82) is 0 Å². The first-order valence-corrected chi connectivity index (χ1v) is 10.0. The Hall–Kier alpha value is -1.94. The number of rotatable bonds is 7. The van der Waals surface area contributed by atoms with E-state index < -0.39 is 0 Å². The van der Waals surface area contributed by atoms with Gasteiger partial charge in [-0.3, -0.25) is 4.99 Å². The zero-order valence-electron chi connectivity index (χ0n) is 16.4. The maximum atomic E-state index is 4.70. The first-order chi connectivity index (χ1) is 13.2. The van der Waals surface area contributed by atoms with E-state index in [0.717, 1.165) is 29.6 Å². The Kier molecular flexibility index (Phi) is 8.91. The van der Waals surface area contributed by atoms with Crippen LogP contribution in [0.5, 0.6) is 0 Å². The SMILES string of the molecule is CCNC(=NCCc1ncc(C)s1)NC(C)c1cccc(-n2cccn2)c1.I. The molecule has 0 amide bonds. The second-order valence-corrected chi connectivity index (χ2v) is 7.61. The summed E-state index contributed by atoms with van der Waals surface area (Å²) < 4.78 is 1.87. The van der Waals surface area contributed by atoms with Crippen molar-refractivity contribution < 1.29 is 0 Å². The van der Waals surface area contributed by atoms with Gasteiger partial charge in [-0.2, -0.15) is 5.10 Å². The molecule has 150 valence electrons. The molecular weight excluding hydrogens is 483 g/mol. The molecule has 1 aromatic carbocycles. The van der Waals surface area contributed by atoms with Gasteiger partial charge in [0, 0.05) is 43.0 Å². The van der Waals surface area contributed by atoms with Crippen molar-refractivity contribution in [3.63, 3.8) is 0 Å². The molecule has 0 aliphatic heterocycles. The monoisotopic (exact) mass is 510 g/mol. The van der Waals surface area contributed by atoms with Gasteiger partial charge in [0.2, 0.25) is 0 Å². The molecule has 0 fully saturated rings. The molecule has 1 atom stereocenters. The quantitative estimate of drug-likeness (QED) is 0.285. The summed E-state index contributed by atoms with van der Waals surface area (Å²) in [6, 6.07) is 10.4. The molecule has 0 aliphatic carbocycles. The summed E-state index contributed by atoms with van der Waals surface area (Å²) in [6.07, 6.45) is 6.51. The van der Waals surface area contributed by atoms with Crippen molar-refractivity contribution in [1.82, 2.24) is 25.4 Å². The third-order valence-corrected chi connectivity index (χ3v) is 5.07. The number of guanidine groups is 1. The Balaban J connectivity index is 0.00000280. The highest BCUT2D eigenvalue weighted by Crippen LogP contribution is 2.16. The number of nitrogens with one attached hydrogen (secondary N) is 2. The number of halogens is 1. The minimum atomic E-state index is 0. The van der Waals surface area contributed by atoms with Crippen LogP contribution < -0.4 is 10.6 Å². The van der Waals surface area contributed by atoms with Gasteiger partial charge in [0.15, 0.2) is 5.96 Å². The van der Waals surface area contributed by atoms with Gasteiger partial charge in [0.05, 0.1) is 16.7 Å². The molecule has 28 heavy (non-hydrogen) atoms. The van der Waals surface area contributed by atoms with Crippen LogP contribution >= 0.6 is 35.3 Å². The minimum Gasteiger partial charge on any atom is -0.357 e. The van der Waals surface area contributed by atoms with Crippen LogP contribution in [0.2, 0.25) is 0 Å². The summed E-state index contributed by atoms with van der Waals surface area (Å²) in [5.41, 5.74) is 2.23. The van der Waals surface area contributed by atoms with E-state index in [0.29, 0.717) is 6.54 Å². The lowest BCUT2D eigenvalue weighted by Gasteiger charge is -2.19.